The first-order valence-electron chi connectivity index (χ1n) is 10.2. The van der Waals surface area contributed by atoms with E-state index in [1.165, 1.54) is 38.5 Å². The molecule has 1 rings (SSSR count). The summed E-state index contributed by atoms with van der Waals surface area (Å²) in [5.74, 6) is 0.198. The van der Waals surface area contributed by atoms with Crippen LogP contribution >= 0.6 is 0 Å². The minimum atomic E-state index is -0.377. The Labute approximate surface area is 149 Å². The first-order valence-corrected chi connectivity index (χ1v) is 10.2. The van der Waals surface area contributed by atoms with Crippen molar-refractivity contribution in [2.75, 3.05) is 13.2 Å². The fourth-order valence-corrected chi connectivity index (χ4v) is 4.13. The molecule has 0 spiro atoms. The number of rotatable bonds is 14. The molecule has 0 radical (unpaired) electrons. The molecule has 0 aromatic rings. The van der Waals surface area contributed by atoms with Crippen LogP contribution in [0.2, 0.25) is 0 Å². The number of nitrogens with two attached hydrogens (primary N) is 1. The number of carbonyl (C=O) groups excluding carboxylic acids is 1. The summed E-state index contributed by atoms with van der Waals surface area (Å²) in [6.07, 6.45) is 12.0. The van der Waals surface area contributed by atoms with E-state index in [0.717, 1.165) is 32.2 Å². The Hall–Kier alpha value is -0.610. The third-order valence-corrected chi connectivity index (χ3v) is 5.59. The summed E-state index contributed by atoms with van der Waals surface area (Å²) in [6, 6.07) is 0.436. The number of hydrogen-bond donors (Lipinski definition) is 2. The van der Waals surface area contributed by atoms with Gasteiger partial charge in [0.05, 0.1) is 18.6 Å². The summed E-state index contributed by atoms with van der Waals surface area (Å²) >= 11 is 0. The largest absolute Gasteiger partial charge is 0.373 e. The van der Waals surface area contributed by atoms with E-state index in [-0.39, 0.29) is 11.5 Å². The molecule has 1 fully saturated rings. The molecule has 2 unspecified atom stereocenters. The van der Waals surface area contributed by atoms with Crippen molar-refractivity contribution in [3.05, 3.63) is 0 Å². The number of nitrogens with one attached hydrogen (secondary N) is 1. The lowest BCUT2D eigenvalue weighted by Gasteiger charge is -2.40. The van der Waals surface area contributed by atoms with Crippen LogP contribution < -0.4 is 11.1 Å². The minimum absolute atomic E-state index is 0.231. The van der Waals surface area contributed by atoms with Crippen LogP contribution in [0.5, 0.6) is 0 Å². The smallest absolute Gasteiger partial charge is 0.220 e. The molecule has 24 heavy (non-hydrogen) atoms. The average molecular weight is 341 g/mol. The lowest BCUT2D eigenvalue weighted by atomic mass is 9.76. The Morgan fingerprint density at radius 3 is 2.54 bits per heavy atom. The molecule has 3 atom stereocenters. The molecule has 1 amide bonds. The second-order valence-electron chi connectivity index (χ2n) is 7.50. The van der Waals surface area contributed by atoms with Gasteiger partial charge in [0.1, 0.15) is 0 Å². The van der Waals surface area contributed by atoms with Crippen LogP contribution in [0, 0.1) is 5.92 Å². The summed E-state index contributed by atoms with van der Waals surface area (Å²) in [4.78, 5) is 11.8. The average Bonchev–Trinajstić information content (AvgIpc) is 3.07. The molecule has 142 valence electrons. The van der Waals surface area contributed by atoms with Gasteiger partial charge >= 0.3 is 0 Å². The Kier molecular flexibility index (Phi) is 10.6. The Balaban J connectivity index is 2.76. The van der Waals surface area contributed by atoms with Crippen molar-refractivity contribution in [3.63, 3.8) is 0 Å². The summed E-state index contributed by atoms with van der Waals surface area (Å²) in [7, 11) is 0. The fraction of sp³-hybridized carbons (Fsp3) is 0.950. The third-order valence-electron chi connectivity index (χ3n) is 5.59. The van der Waals surface area contributed by atoms with E-state index in [2.05, 4.69) is 26.1 Å². The summed E-state index contributed by atoms with van der Waals surface area (Å²) in [6.45, 7) is 8.40. The standard InChI is InChI=1S/C20H40N2O2/c1-4-7-8-9-12-17(11-5-2)20(6-3,15-19(21)23)24-16-18-13-10-14-22-18/h17-18,22H,4-16H2,1-3H3,(H2,21,23)/t17?,18-,20?/m1/s1. The molecule has 3 N–H and O–H groups in total. The van der Waals surface area contributed by atoms with Crippen LogP contribution in [0.25, 0.3) is 0 Å². The Morgan fingerprint density at radius 2 is 2.00 bits per heavy atom. The highest BCUT2D eigenvalue weighted by molar-refractivity contribution is 5.75. The molecule has 0 saturated carbocycles. The van der Waals surface area contributed by atoms with Crippen molar-refractivity contribution in [2.45, 2.75) is 103 Å². The van der Waals surface area contributed by atoms with Crippen molar-refractivity contribution >= 4 is 5.91 Å². The van der Waals surface area contributed by atoms with Crippen LogP contribution in [0.4, 0.5) is 0 Å². The third kappa shape index (κ3) is 7.10. The lowest BCUT2D eigenvalue weighted by Crippen LogP contribution is -2.46. The lowest BCUT2D eigenvalue weighted by molar-refractivity contribution is -0.137. The zero-order valence-corrected chi connectivity index (χ0v) is 16.2. The van der Waals surface area contributed by atoms with E-state index in [1.54, 1.807) is 0 Å². The monoisotopic (exact) mass is 340 g/mol. The molecule has 4 nitrogen and oxygen atoms in total. The molecule has 1 aliphatic rings. The van der Waals surface area contributed by atoms with Gasteiger partial charge in [0.25, 0.3) is 0 Å². The number of amides is 1. The van der Waals surface area contributed by atoms with Crippen molar-refractivity contribution in [2.24, 2.45) is 11.7 Å². The molecule has 1 saturated heterocycles. The van der Waals surface area contributed by atoms with E-state index in [0.29, 0.717) is 25.0 Å². The van der Waals surface area contributed by atoms with E-state index in [4.69, 9.17) is 10.5 Å². The number of unbranched alkanes of at least 4 members (excludes halogenated alkanes) is 3. The van der Waals surface area contributed by atoms with E-state index in [9.17, 15) is 4.79 Å². The van der Waals surface area contributed by atoms with Gasteiger partial charge in [0.15, 0.2) is 0 Å². The maximum absolute atomic E-state index is 11.8. The second-order valence-corrected chi connectivity index (χ2v) is 7.50. The maximum Gasteiger partial charge on any atom is 0.220 e. The highest BCUT2D eigenvalue weighted by Crippen LogP contribution is 2.37. The summed E-state index contributed by atoms with van der Waals surface area (Å²) < 4.78 is 6.48. The van der Waals surface area contributed by atoms with Crippen molar-refractivity contribution < 1.29 is 9.53 Å². The molecule has 4 heteroatoms. The van der Waals surface area contributed by atoms with E-state index in [1.807, 2.05) is 0 Å². The van der Waals surface area contributed by atoms with E-state index >= 15 is 0 Å². The molecule has 0 aliphatic carbocycles. The van der Waals surface area contributed by atoms with Crippen molar-refractivity contribution in [1.29, 1.82) is 0 Å². The first kappa shape index (κ1) is 21.4. The minimum Gasteiger partial charge on any atom is -0.373 e. The second kappa shape index (κ2) is 11.9. The highest BCUT2D eigenvalue weighted by Gasteiger charge is 2.39. The molecular formula is C20H40N2O2. The normalized spacial score (nSPS) is 21.5. The van der Waals surface area contributed by atoms with Gasteiger partial charge in [0, 0.05) is 6.04 Å². The summed E-state index contributed by atoms with van der Waals surface area (Å²) in [5, 5.41) is 3.50. The zero-order valence-electron chi connectivity index (χ0n) is 16.2. The van der Waals surface area contributed by atoms with Gasteiger partial charge in [-0.05, 0) is 44.6 Å². The van der Waals surface area contributed by atoms with Gasteiger partial charge in [-0.3, -0.25) is 4.79 Å². The number of ether oxygens (including phenoxy) is 1. The first-order chi connectivity index (χ1) is 11.6. The Morgan fingerprint density at radius 1 is 1.21 bits per heavy atom. The van der Waals surface area contributed by atoms with Gasteiger partial charge < -0.3 is 15.8 Å². The quantitative estimate of drug-likeness (QED) is 0.467. The van der Waals surface area contributed by atoms with Crippen molar-refractivity contribution in [1.82, 2.24) is 5.32 Å². The van der Waals surface area contributed by atoms with Crippen LogP contribution in [0.15, 0.2) is 0 Å². The van der Waals surface area contributed by atoms with E-state index < -0.39 is 0 Å². The van der Waals surface area contributed by atoms with Crippen LogP contribution in [0.3, 0.4) is 0 Å². The summed E-state index contributed by atoms with van der Waals surface area (Å²) in [5.41, 5.74) is 5.24. The maximum atomic E-state index is 11.8. The van der Waals surface area contributed by atoms with Gasteiger partial charge in [-0.1, -0.05) is 52.9 Å². The topological polar surface area (TPSA) is 64.4 Å². The molecular weight excluding hydrogens is 300 g/mol. The molecule has 1 heterocycles. The number of primary amides is 1. The molecule has 0 bridgehead atoms. The molecule has 0 aromatic carbocycles. The van der Waals surface area contributed by atoms with Gasteiger partial charge in [0.2, 0.25) is 5.91 Å². The predicted octanol–water partition coefficient (Wildman–Crippen LogP) is 4.17. The number of hydrogen-bond acceptors (Lipinski definition) is 3. The van der Waals surface area contributed by atoms with Gasteiger partial charge in [-0.2, -0.15) is 0 Å². The van der Waals surface area contributed by atoms with Crippen molar-refractivity contribution in [3.8, 4) is 0 Å². The molecule has 1 aliphatic heterocycles. The Bertz CT molecular complexity index is 343. The van der Waals surface area contributed by atoms with Crippen LogP contribution in [-0.2, 0) is 9.53 Å². The van der Waals surface area contributed by atoms with Gasteiger partial charge in [-0.15, -0.1) is 0 Å². The fourth-order valence-electron chi connectivity index (χ4n) is 4.13. The van der Waals surface area contributed by atoms with Gasteiger partial charge in [-0.25, -0.2) is 0 Å². The zero-order chi connectivity index (χ0) is 17.8. The van der Waals surface area contributed by atoms with Crippen LogP contribution in [0.1, 0.15) is 91.4 Å². The van der Waals surface area contributed by atoms with Crippen LogP contribution in [-0.4, -0.2) is 30.7 Å². The number of carbonyl (C=O) groups is 1. The highest BCUT2D eigenvalue weighted by atomic mass is 16.5. The SMILES string of the molecule is CCCCCCC(CCC)C(CC)(CC(N)=O)OC[C@H]1CCCN1. The molecule has 0 aromatic heterocycles. The predicted molar refractivity (Wildman–Crippen MR) is 101 cm³/mol.